The molecule has 0 aliphatic heterocycles. The molecular formula is C30H28N2O4. The van der Waals surface area contributed by atoms with Gasteiger partial charge in [0.15, 0.2) is 0 Å². The largest absolute Gasteiger partial charge is 0.492 e. The molecule has 1 aliphatic carbocycles. The van der Waals surface area contributed by atoms with E-state index in [1.165, 1.54) is 0 Å². The van der Waals surface area contributed by atoms with Crippen LogP contribution in [0.25, 0.3) is 10.9 Å². The number of aryl methyl sites for hydroxylation is 1. The Hall–Kier alpha value is -4.19. The maximum Gasteiger partial charge on any atom is 0.340 e. The van der Waals surface area contributed by atoms with Crippen LogP contribution in [-0.2, 0) is 22.4 Å². The van der Waals surface area contributed by atoms with E-state index in [-0.39, 0.29) is 0 Å². The van der Waals surface area contributed by atoms with Crippen molar-refractivity contribution in [3.05, 3.63) is 101 Å². The van der Waals surface area contributed by atoms with Crippen molar-refractivity contribution in [2.24, 2.45) is 0 Å². The lowest BCUT2D eigenvalue weighted by Gasteiger charge is -2.23. The summed E-state index contributed by atoms with van der Waals surface area (Å²) in [6.45, 7) is 2.34. The Bertz CT molecular complexity index is 1400. The number of pyridine rings is 1. The number of para-hydroxylation sites is 3. The molecule has 182 valence electrons. The lowest BCUT2D eigenvalue weighted by atomic mass is 9.90. The topological polar surface area (TPSA) is 77.5 Å². The molecule has 1 N–H and O–H groups in total. The van der Waals surface area contributed by atoms with Crippen LogP contribution in [-0.4, -0.2) is 23.5 Å². The molecule has 0 fully saturated rings. The Kier molecular flexibility index (Phi) is 6.94. The van der Waals surface area contributed by atoms with E-state index in [9.17, 15) is 9.59 Å². The van der Waals surface area contributed by atoms with Gasteiger partial charge in [-0.1, -0.05) is 60.7 Å². The van der Waals surface area contributed by atoms with Crippen molar-refractivity contribution in [1.29, 1.82) is 0 Å². The number of hydrogen-bond acceptors (Lipinski definition) is 5. The quantitative estimate of drug-likeness (QED) is 0.326. The molecule has 0 spiro atoms. The molecule has 1 atom stereocenters. The van der Waals surface area contributed by atoms with Crippen molar-refractivity contribution in [1.82, 2.24) is 4.98 Å². The molecule has 6 nitrogen and oxygen atoms in total. The van der Waals surface area contributed by atoms with Gasteiger partial charge in [0.1, 0.15) is 5.75 Å². The summed E-state index contributed by atoms with van der Waals surface area (Å²) in [5.74, 6) is -0.413. The van der Waals surface area contributed by atoms with Crippen molar-refractivity contribution in [3.8, 4) is 5.75 Å². The number of ether oxygens (including phenoxy) is 2. The molecule has 1 heterocycles. The number of benzene rings is 3. The summed E-state index contributed by atoms with van der Waals surface area (Å²) in [4.78, 5) is 32.1. The molecule has 0 bridgehead atoms. The van der Waals surface area contributed by atoms with Crippen molar-refractivity contribution >= 4 is 28.5 Å². The summed E-state index contributed by atoms with van der Waals surface area (Å²) < 4.78 is 11.7. The van der Waals surface area contributed by atoms with Crippen molar-refractivity contribution < 1.29 is 19.1 Å². The van der Waals surface area contributed by atoms with Crippen LogP contribution in [0.5, 0.6) is 5.75 Å². The number of aromatic nitrogens is 1. The number of anilines is 1. The van der Waals surface area contributed by atoms with Gasteiger partial charge in [-0.15, -0.1) is 0 Å². The molecule has 0 saturated heterocycles. The average molecular weight is 481 g/mol. The summed E-state index contributed by atoms with van der Waals surface area (Å²) in [5, 5.41) is 3.64. The van der Waals surface area contributed by atoms with Crippen molar-refractivity contribution in [2.45, 2.75) is 38.7 Å². The zero-order valence-electron chi connectivity index (χ0n) is 20.2. The van der Waals surface area contributed by atoms with Gasteiger partial charge in [0, 0.05) is 16.6 Å². The van der Waals surface area contributed by atoms with Gasteiger partial charge >= 0.3 is 5.97 Å². The van der Waals surface area contributed by atoms with Crippen LogP contribution in [0.2, 0.25) is 0 Å². The van der Waals surface area contributed by atoms with Crippen LogP contribution >= 0.6 is 0 Å². The average Bonchev–Trinajstić information content (AvgIpc) is 2.92. The third kappa shape index (κ3) is 4.80. The van der Waals surface area contributed by atoms with Crippen LogP contribution in [0, 0.1) is 0 Å². The summed E-state index contributed by atoms with van der Waals surface area (Å²) in [7, 11) is 0. The highest BCUT2D eigenvalue weighted by Gasteiger charge is 2.30. The van der Waals surface area contributed by atoms with Gasteiger partial charge in [-0.3, -0.25) is 9.78 Å². The van der Waals surface area contributed by atoms with Gasteiger partial charge in [-0.25, -0.2) is 4.79 Å². The number of amides is 1. The van der Waals surface area contributed by atoms with Gasteiger partial charge in [0.2, 0.25) is 6.10 Å². The van der Waals surface area contributed by atoms with E-state index in [0.29, 0.717) is 29.2 Å². The van der Waals surface area contributed by atoms with Crippen LogP contribution < -0.4 is 10.1 Å². The van der Waals surface area contributed by atoms with Crippen molar-refractivity contribution in [2.75, 3.05) is 11.9 Å². The van der Waals surface area contributed by atoms with Crippen LogP contribution in [0.4, 0.5) is 5.69 Å². The van der Waals surface area contributed by atoms with Gasteiger partial charge in [0.05, 0.1) is 23.4 Å². The minimum atomic E-state index is -1.14. The summed E-state index contributed by atoms with van der Waals surface area (Å²) >= 11 is 0. The highest BCUT2D eigenvalue weighted by molar-refractivity contribution is 6.06. The first-order chi connectivity index (χ1) is 17.7. The summed E-state index contributed by atoms with van der Waals surface area (Å²) in [6, 6.07) is 23.9. The molecular weight excluding hydrogens is 452 g/mol. The standard InChI is InChI=1S/C30H28N2O4/c1-2-35-26-19-11-10-18-25(26)32-29(33)28(20-12-4-3-5-13-20)36-30(34)27-21-14-6-8-16-23(21)31-24-17-9-7-15-22(24)27/h3-6,8,10-14,16,18-19,28H,2,7,9,15,17H2,1H3,(H,32,33)/t28-/m1/s1. The maximum atomic E-state index is 13.8. The zero-order valence-corrected chi connectivity index (χ0v) is 20.2. The minimum Gasteiger partial charge on any atom is -0.492 e. The first-order valence-electron chi connectivity index (χ1n) is 12.3. The summed E-state index contributed by atoms with van der Waals surface area (Å²) in [6.07, 6.45) is 2.49. The minimum absolute atomic E-state index is 0.450. The second-order valence-electron chi connectivity index (χ2n) is 8.75. The van der Waals surface area contributed by atoms with E-state index in [1.54, 1.807) is 24.3 Å². The third-order valence-corrected chi connectivity index (χ3v) is 6.38. The molecule has 6 heteroatoms. The second kappa shape index (κ2) is 10.6. The number of carbonyl (C=O) groups excluding carboxylic acids is 2. The Morgan fingerprint density at radius 1 is 0.917 bits per heavy atom. The number of hydrogen-bond donors (Lipinski definition) is 1. The van der Waals surface area contributed by atoms with E-state index in [2.05, 4.69) is 5.32 Å². The second-order valence-corrected chi connectivity index (χ2v) is 8.75. The number of nitrogens with zero attached hydrogens (tertiary/aromatic N) is 1. The van der Waals surface area contributed by atoms with E-state index in [0.717, 1.165) is 47.8 Å². The molecule has 5 rings (SSSR count). The molecule has 4 aromatic rings. The maximum absolute atomic E-state index is 13.8. The molecule has 1 aromatic heterocycles. The fourth-order valence-electron chi connectivity index (χ4n) is 4.72. The molecule has 1 amide bonds. The third-order valence-electron chi connectivity index (χ3n) is 6.38. The number of esters is 1. The lowest BCUT2D eigenvalue weighted by Crippen LogP contribution is -2.27. The van der Waals surface area contributed by atoms with Gasteiger partial charge in [0.25, 0.3) is 5.91 Å². The summed E-state index contributed by atoms with van der Waals surface area (Å²) in [5.41, 5.74) is 4.25. The predicted molar refractivity (Wildman–Crippen MR) is 139 cm³/mol. The van der Waals surface area contributed by atoms with Gasteiger partial charge < -0.3 is 14.8 Å². The van der Waals surface area contributed by atoms with Crippen LogP contribution in [0.15, 0.2) is 78.9 Å². The molecule has 0 unspecified atom stereocenters. The number of carbonyl (C=O) groups is 2. The smallest absolute Gasteiger partial charge is 0.340 e. The van der Waals surface area contributed by atoms with Crippen LogP contribution in [0.3, 0.4) is 0 Å². The zero-order chi connectivity index (χ0) is 24.9. The number of fused-ring (bicyclic) bond motifs is 2. The number of nitrogens with one attached hydrogen (secondary N) is 1. The van der Waals surface area contributed by atoms with Gasteiger partial charge in [-0.2, -0.15) is 0 Å². The lowest BCUT2D eigenvalue weighted by molar-refractivity contribution is -0.125. The number of rotatable bonds is 7. The fraction of sp³-hybridized carbons (Fsp3) is 0.233. The molecule has 36 heavy (non-hydrogen) atoms. The molecule has 0 radical (unpaired) electrons. The Morgan fingerprint density at radius 3 is 2.47 bits per heavy atom. The van der Waals surface area contributed by atoms with Crippen LogP contribution in [0.1, 0.15) is 53.0 Å². The van der Waals surface area contributed by atoms with E-state index >= 15 is 0 Å². The monoisotopic (exact) mass is 480 g/mol. The normalized spacial score (nSPS) is 13.5. The highest BCUT2D eigenvalue weighted by atomic mass is 16.5. The molecule has 1 aliphatic rings. The fourth-order valence-corrected chi connectivity index (χ4v) is 4.72. The van der Waals surface area contributed by atoms with Crippen molar-refractivity contribution in [3.63, 3.8) is 0 Å². The first kappa shape index (κ1) is 23.5. The molecule has 0 saturated carbocycles. The predicted octanol–water partition coefficient (Wildman–Crippen LogP) is 6.05. The Morgan fingerprint density at radius 2 is 1.64 bits per heavy atom. The molecule has 3 aromatic carbocycles. The SMILES string of the molecule is CCOc1ccccc1NC(=O)[C@H](OC(=O)c1c2c(nc3ccccc13)CCCC2)c1ccccc1. The Labute approximate surface area is 210 Å². The van der Waals surface area contributed by atoms with E-state index < -0.39 is 18.0 Å². The van der Waals surface area contributed by atoms with E-state index in [4.69, 9.17) is 14.5 Å². The van der Waals surface area contributed by atoms with Gasteiger partial charge in [-0.05, 0) is 56.4 Å². The first-order valence-corrected chi connectivity index (χ1v) is 12.3. The highest BCUT2D eigenvalue weighted by Crippen LogP contribution is 2.32. The van der Waals surface area contributed by atoms with E-state index in [1.807, 2.05) is 61.5 Å². The Balaban J connectivity index is 1.52.